The summed E-state index contributed by atoms with van der Waals surface area (Å²) in [4.78, 5) is 6.86. The molecule has 0 saturated carbocycles. The molecule has 0 unspecified atom stereocenters. The number of rotatable bonds is 2. The fraction of sp³-hybridized carbons (Fsp3) is 0.400. The highest BCUT2D eigenvalue weighted by Crippen LogP contribution is 2.29. The Hall–Kier alpha value is -1.13. The standard InChI is InChI=1S/C15H18BrN3/c1-19(12-4-7-17-8-5-12)15-6-9-18-14-3-2-11(16)10-13(14)15/h2-3,6,9-10,12,17H,4-5,7-8H2,1H3. The molecule has 3 rings (SSSR count). The fourth-order valence-corrected chi connectivity index (χ4v) is 3.16. The van der Waals surface area contributed by atoms with Crippen molar-refractivity contribution in [3.05, 3.63) is 34.9 Å². The van der Waals surface area contributed by atoms with E-state index >= 15 is 0 Å². The van der Waals surface area contributed by atoms with Crippen molar-refractivity contribution < 1.29 is 0 Å². The lowest BCUT2D eigenvalue weighted by Gasteiger charge is -2.33. The van der Waals surface area contributed by atoms with Crippen LogP contribution in [0.25, 0.3) is 10.9 Å². The van der Waals surface area contributed by atoms with Crippen LogP contribution in [0.2, 0.25) is 0 Å². The molecular weight excluding hydrogens is 302 g/mol. The molecule has 1 aromatic carbocycles. The Bertz CT molecular complexity index is 579. The number of piperidine rings is 1. The van der Waals surface area contributed by atoms with E-state index in [-0.39, 0.29) is 0 Å². The molecule has 1 aromatic heterocycles. The molecule has 3 nitrogen and oxygen atoms in total. The Morgan fingerprint density at radius 1 is 1.26 bits per heavy atom. The molecule has 100 valence electrons. The summed E-state index contributed by atoms with van der Waals surface area (Å²) in [5.41, 5.74) is 2.33. The van der Waals surface area contributed by atoms with Crippen LogP contribution in [0.5, 0.6) is 0 Å². The van der Waals surface area contributed by atoms with Crippen LogP contribution in [0.3, 0.4) is 0 Å². The summed E-state index contributed by atoms with van der Waals surface area (Å²) in [6, 6.07) is 9.01. The lowest BCUT2D eigenvalue weighted by molar-refractivity contribution is 0.444. The molecule has 1 fully saturated rings. The van der Waals surface area contributed by atoms with Gasteiger partial charge in [0.1, 0.15) is 0 Å². The van der Waals surface area contributed by atoms with Crippen molar-refractivity contribution >= 4 is 32.5 Å². The van der Waals surface area contributed by atoms with Crippen molar-refractivity contribution in [2.75, 3.05) is 25.0 Å². The van der Waals surface area contributed by atoms with E-state index in [4.69, 9.17) is 0 Å². The van der Waals surface area contributed by atoms with Gasteiger partial charge in [0.2, 0.25) is 0 Å². The zero-order chi connectivity index (χ0) is 13.2. The number of hydrogen-bond donors (Lipinski definition) is 1. The number of nitrogens with zero attached hydrogens (tertiary/aromatic N) is 2. The van der Waals surface area contributed by atoms with Crippen LogP contribution >= 0.6 is 15.9 Å². The Labute approximate surface area is 122 Å². The van der Waals surface area contributed by atoms with Gasteiger partial charge in [0.15, 0.2) is 0 Å². The molecule has 1 aliphatic heterocycles. The van der Waals surface area contributed by atoms with Gasteiger partial charge in [-0.05, 0) is 50.2 Å². The average molecular weight is 320 g/mol. The zero-order valence-electron chi connectivity index (χ0n) is 11.1. The van der Waals surface area contributed by atoms with Crippen molar-refractivity contribution in [2.45, 2.75) is 18.9 Å². The molecule has 2 heterocycles. The van der Waals surface area contributed by atoms with E-state index in [1.165, 1.54) is 23.9 Å². The van der Waals surface area contributed by atoms with Crippen LogP contribution in [-0.2, 0) is 0 Å². The van der Waals surface area contributed by atoms with Crippen molar-refractivity contribution in [2.24, 2.45) is 0 Å². The second-order valence-electron chi connectivity index (χ2n) is 5.08. The summed E-state index contributed by atoms with van der Waals surface area (Å²) in [6.45, 7) is 2.23. The van der Waals surface area contributed by atoms with Crippen LogP contribution in [0.1, 0.15) is 12.8 Å². The molecule has 0 aliphatic carbocycles. The van der Waals surface area contributed by atoms with E-state index in [0.717, 1.165) is 23.1 Å². The lowest BCUT2D eigenvalue weighted by Crippen LogP contribution is -2.41. The van der Waals surface area contributed by atoms with Crippen LogP contribution < -0.4 is 10.2 Å². The molecule has 19 heavy (non-hydrogen) atoms. The normalized spacial score (nSPS) is 16.7. The minimum atomic E-state index is 0.617. The topological polar surface area (TPSA) is 28.2 Å². The maximum absolute atomic E-state index is 4.45. The SMILES string of the molecule is CN(c1ccnc2ccc(Br)cc12)C1CCNCC1. The van der Waals surface area contributed by atoms with Gasteiger partial charge in [-0.3, -0.25) is 4.98 Å². The molecular formula is C15H18BrN3. The zero-order valence-corrected chi connectivity index (χ0v) is 12.7. The smallest absolute Gasteiger partial charge is 0.0723 e. The van der Waals surface area contributed by atoms with E-state index in [9.17, 15) is 0 Å². The minimum Gasteiger partial charge on any atom is -0.371 e. The van der Waals surface area contributed by atoms with E-state index in [2.05, 4.69) is 56.4 Å². The third-order valence-corrected chi connectivity index (χ3v) is 4.41. The predicted octanol–water partition coefficient (Wildman–Crippen LogP) is 3.19. The first kappa shape index (κ1) is 12.9. The maximum atomic E-state index is 4.45. The van der Waals surface area contributed by atoms with Gasteiger partial charge in [-0.15, -0.1) is 0 Å². The van der Waals surface area contributed by atoms with Crippen molar-refractivity contribution in [1.82, 2.24) is 10.3 Å². The van der Waals surface area contributed by atoms with Gasteiger partial charge in [-0.1, -0.05) is 15.9 Å². The van der Waals surface area contributed by atoms with Crippen LogP contribution in [0.15, 0.2) is 34.9 Å². The molecule has 1 N–H and O–H groups in total. The first-order valence-electron chi connectivity index (χ1n) is 6.73. The monoisotopic (exact) mass is 319 g/mol. The maximum Gasteiger partial charge on any atom is 0.0723 e. The highest BCUT2D eigenvalue weighted by atomic mass is 79.9. The number of fused-ring (bicyclic) bond motifs is 1. The summed E-state index contributed by atoms with van der Waals surface area (Å²) < 4.78 is 1.10. The summed E-state index contributed by atoms with van der Waals surface area (Å²) in [5, 5.41) is 4.64. The minimum absolute atomic E-state index is 0.617. The third kappa shape index (κ3) is 2.60. The highest BCUT2D eigenvalue weighted by molar-refractivity contribution is 9.10. The molecule has 4 heteroatoms. The van der Waals surface area contributed by atoms with Gasteiger partial charge in [-0.25, -0.2) is 0 Å². The Kier molecular flexibility index (Phi) is 3.71. The molecule has 1 aliphatic rings. The van der Waals surface area contributed by atoms with Crippen LogP contribution in [-0.4, -0.2) is 31.2 Å². The van der Waals surface area contributed by atoms with Crippen molar-refractivity contribution in [3.63, 3.8) is 0 Å². The molecule has 2 aromatic rings. The average Bonchev–Trinajstić information content (AvgIpc) is 2.47. The van der Waals surface area contributed by atoms with Gasteiger partial charge in [0.25, 0.3) is 0 Å². The first-order chi connectivity index (χ1) is 9.25. The number of aromatic nitrogens is 1. The number of hydrogen-bond acceptors (Lipinski definition) is 3. The molecule has 0 spiro atoms. The van der Waals surface area contributed by atoms with Gasteiger partial charge in [0.05, 0.1) is 5.52 Å². The number of anilines is 1. The Balaban J connectivity index is 2.01. The van der Waals surface area contributed by atoms with Gasteiger partial charge in [0, 0.05) is 34.8 Å². The third-order valence-electron chi connectivity index (χ3n) is 3.92. The lowest BCUT2D eigenvalue weighted by atomic mass is 10.0. The Morgan fingerprint density at radius 2 is 2.05 bits per heavy atom. The molecule has 0 bridgehead atoms. The summed E-state index contributed by atoms with van der Waals surface area (Å²) in [7, 11) is 2.20. The second-order valence-corrected chi connectivity index (χ2v) is 6.00. The first-order valence-corrected chi connectivity index (χ1v) is 7.53. The van der Waals surface area contributed by atoms with Gasteiger partial charge in [-0.2, -0.15) is 0 Å². The Morgan fingerprint density at radius 3 is 2.84 bits per heavy atom. The van der Waals surface area contributed by atoms with Crippen molar-refractivity contribution in [1.29, 1.82) is 0 Å². The van der Waals surface area contributed by atoms with Crippen LogP contribution in [0.4, 0.5) is 5.69 Å². The predicted molar refractivity (Wildman–Crippen MR) is 83.7 cm³/mol. The van der Waals surface area contributed by atoms with Gasteiger partial charge >= 0.3 is 0 Å². The van der Waals surface area contributed by atoms with E-state index in [1.807, 2.05) is 12.3 Å². The molecule has 1 saturated heterocycles. The quantitative estimate of drug-likeness (QED) is 0.921. The number of halogens is 1. The van der Waals surface area contributed by atoms with E-state index in [0.29, 0.717) is 6.04 Å². The molecule has 0 radical (unpaired) electrons. The summed E-state index contributed by atoms with van der Waals surface area (Å²) >= 11 is 3.56. The largest absolute Gasteiger partial charge is 0.371 e. The summed E-state index contributed by atoms with van der Waals surface area (Å²) in [6.07, 6.45) is 4.31. The number of nitrogens with one attached hydrogen (secondary N) is 1. The van der Waals surface area contributed by atoms with Crippen LogP contribution in [0, 0.1) is 0 Å². The molecule has 0 amide bonds. The van der Waals surface area contributed by atoms with E-state index < -0.39 is 0 Å². The fourth-order valence-electron chi connectivity index (χ4n) is 2.80. The number of pyridine rings is 1. The van der Waals surface area contributed by atoms with Crippen molar-refractivity contribution in [3.8, 4) is 0 Å². The number of benzene rings is 1. The second kappa shape index (κ2) is 5.47. The highest BCUT2D eigenvalue weighted by Gasteiger charge is 2.19. The summed E-state index contributed by atoms with van der Waals surface area (Å²) in [5.74, 6) is 0. The van der Waals surface area contributed by atoms with E-state index in [1.54, 1.807) is 0 Å². The van der Waals surface area contributed by atoms with Gasteiger partial charge < -0.3 is 10.2 Å². The molecule has 0 atom stereocenters.